The van der Waals surface area contributed by atoms with Gasteiger partial charge in [-0.25, -0.2) is 10.8 Å². The third kappa shape index (κ3) is 5.14. The van der Waals surface area contributed by atoms with Gasteiger partial charge in [-0.3, -0.25) is 4.79 Å². The normalized spacial score (nSPS) is 10.4. The summed E-state index contributed by atoms with van der Waals surface area (Å²) in [5, 5.41) is 2.88. The van der Waals surface area contributed by atoms with Gasteiger partial charge < -0.3 is 10.7 Å². The number of hydrogen-bond donors (Lipinski definition) is 3. The molecule has 1 aromatic heterocycles. The lowest BCUT2D eigenvalue weighted by Crippen LogP contribution is -2.24. The number of nitrogens with two attached hydrogens (primary N) is 1. The Morgan fingerprint density at radius 3 is 2.72 bits per heavy atom. The van der Waals surface area contributed by atoms with Crippen LogP contribution in [-0.4, -0.2) is 17.4 Å². The number of nitrogen functional groups attached to an aromatic ring is 1. The Hall–Kier alpha value is -1.62. The molecule has 1 heterocycles. The average molecular weight is 250 g/mol. The molecule has 0 aromatic carbocycles. The van der Waals surface area contributed by atoms with Crippen molar-refractivity contribution in [1.82, 2.24) is 10.3 Å². The molecule has 0 bridgehead atoms. The fourth-order valence-corrected chi connectivity index (χ4v) is 1.60. The van der Waals surface area contributed by atoms with E-state index in [-0.39, 0.29) is 5.91 Å². The molecule has 5 nitrogen and oxygen atoms in total. The Bertz CT molecular complexity index is 362. The molecule has 0 aliphatic rings. The van der Waals surface area contributed by atoms with Crippen molar-refractivity contribution in [3.05, 3.63) is 23.9 Å². The second kappa shape index (κ2) is 7.66. The highest BCUT2D eigenvalue weighted by Gasteiger charge is 2.05. The van der Waals surface area contributed by atoms with Gasteiger partial charge >= 0.3 is 0 Å². The number of hydrazine groups is 1. The summed E-state index contributed by atoms with van der Waals surface area (Å²) in [5.74, 6) is 6.38. The van der Waals surface area contributed by atoms with Crippen LogP contribution in [-0.2, 0) is 0 Å². The lowest BCUT2D eigenvalue weighted by molar-refractivity contribution is 0.0952. The van der Waals surface area contributed by atoms with E-state index in [4.69, 9.17) is 5.84 Å². The molecule has 0 saturated heterocycles. The van der Waals surface area contributed by atoms with Gasteiger partial charge in [0, 0.05) is 12.7 Å². The van der Waals surface area contributed by atoms with Crippen LogP contribution in [0.4, 0.5) is 5.82 Å². The van der Waals surface area contributed by atoms with Gasteiger partial charge in [-0.1, -0.05) is 26.7 Å². The summed E-state index contributed by atoms with van der Waals surface area (Å²) >= 11 is 0. The molecule has 4 N–H and O–H groups in total. The second-order valence-electron chi connectivity index (χ2n) is 4.72. The topological polar surface area (TPSA) is 80.0 Å². The van der Waals surface area contributed by atoms with E-state index in [0.29, 0.717) is 17.9 Å². The van der Waals surface area contributed by atoms with Gasteiger partial charge in [0.1, 0.15) is 5.82 Å². The van der Waals surface area contributed by atoms with Crippen LogP contribution < -0.4 is 16.6 Å². The van der Waals surface area contributed by atoms with Crippen LogP contribution in [0.15, 0.2) is 18.3 Å². The molecule has 0 radical (unpaired) electrons. The summed E-state index contributed by atoms with van der Waals surface area (Å²) in [7, 11) is 0. The van der Waals surface area contributed by atoms with Crippen molar-refractivity contribution in [3.63, 3.8) is 0 Å². The van der Waals surface area contributed by atoms with E-state index in [2.05, 4.69) is 29.6 Å². The maximum Gasteiger partial charge on any atom is 0.252 e. The maximum absolute atomic E-state index is 11.7. The molecule has 0 unspecified atom stereocenters. The Morgan fingerprint density at radius 2 is 2.17 bits per heavy atom. The SMILES string of the molecule is CC(C)CCCCNC(=O)c1ccc(NN)nc1. The van der Waals surface area contributed by atoms with E-state index in [1.165, 1.54) is 12.6 Å². The molecule has 0 aliphatic heterocycles. The highest BCUT2D eigenvalue weighted by atomic mass is 16.1. The number of nitrogens with one attached hydrogen (secondary N) is 2. The average Bonchev–Trinajstić information content (AvgIpc) is 2.38. The Kier molecular flexibility index (Phi) is 6.14. The van der Waals surface area contributed by atoms with E-state index in [1.807, 2.05) is 0 Å². The van der Waals surface area contributed by atoms with Crippen molar-refractivity contribution in [2.24, 2.45) is 11.8 Å². The van der Waals surface area contributed by atoms with E-state index >= 15 is 0 Å². The molecule has 18 heavy (non-hydrogen) atoms. The van der Waals surface area contributed by atoms with Gasteiger partial charge in [0.2, 0.25) is 0 Å². The van der Waals surface area contributed by atoms with Crippen LogP contribution in [0.3, 0.4) is 0 Å². The molecule has 1 aromatic rings. The fourth-order valence-electron chi connectivity index (χ4n) is 1.60. The van der Waals surface area contributed by atoms with Crippen molar-refractivity contribution < 1.29 is 4.79 Å². The van der Waals surface area contributed by atoms with E-state index in [9.17, 15) is 4.79 Å². The van der Waals surface area contributed by atoms with Crippen molar-refractivity contribution in [3.8, 4) is 0 Å². The number of nitrogens with zero attached hydrogens (tertiary/aromatic N) is 1. The smallest absolute Gasteiger partial charge is 0.252 e. The number of anilines is 1. The van der Waals surface area contributed by atoms with E-state index < -0.39 is 0 Å². The number of aromatic nitrogens is 1. The van der Waals surface area contributed by atoms with Gasteiger partial charge in [-0.05, 0) is 24.5 Å². The first-order valence-corrected chi connectivity index (χ1v) is 6.34. The van der Waals surface area contributed by atoms with Crippen LogP contribution in [0.5, 0.6) is 0 Å². The number of carbonyl (C=O) groups excluding carboxylic acids is 1. The number of amides is 1. The van der Waals surface area contributed by atoms with Crippen molar-refractivity contribution >= 4 is 11.7 Å². The second-order valence-corrected chi connectivity index (χ2v) is 4.72. The first kappa shape index (κ1) is 14.4. The van der Waals surface area contributed by atoms with Crippen LogP contribution in [0.2, 0.25) is 0 Å². The van der Waals surface area contributed by atoms with Gasteiger partial charge in [0.25, 0.3) is 5.91 Å². The lowest BCUT2D eigenvalue weighted by atomic mass is 10.1. The molecule has 0 aliphatic carbocycles. The lowest BCUT2D eigenvalue weighted by Gasteiger charge is -2.07. The monoisotopic (exact) mass is 250 g/mol. The van der Waals surface area contributed by atoms with Gasteiger partial charge in [-0.15, -0.1) is 0 Å². The standard InChI is InChI=1S/C13H22N4O/c1-10(2)5-3-4-8-15-13(18)11-6-7-12(17-14)16-9-11/h6-7,9-10H,3-5,8,14H2,1-2H3,(H,15,18)(H,16,17). The molecule has 1 rings (SSSR count). The zero-order valence-electron chi connectivity index (χ0n) is 11.1. The van der Waals surface area contributed by atoms with Gasteiger partial charge in [0.15, 0.2) is 0 Å². The minimum Gasteiger partial charge on any atom is -0.352 e. The Balaban J connectivity index is 2.27. The van der Waals surface area contributed by atoms with Crippen LogP contribution >= 0.6 is 0 Å². The highest BCUT2D eigenvalue weighted by Crippen LogP contribution is 2.06. The highest BCUT2D eigenvalue weighted by molar-refractivity contribution is 5.93. The van der Waals surface area contributed by atoms with Crippen LogP contribution in [0.25, 0.3) is 0 Å². The van der Waals surface area contributed by atoms with Crippen molar-refractivity contribution in [2.75, 3.05) is 12.0 Å². The fraction of sp³-hybridized carbons (Fsp3) is 0.538. The van der Waals surface area contributed by atoms with Gasteiger partial charge in [0.05, 0.1) is 5.56 Å². The molecule has 0 spiro atoms. The summed E-state index contributed by atoms with van der Waals surface area (Å²) in [6.07, 6.45) is 4.87. The van der Waals surface area contributed by atoms with Crippen LogP contribution in [0, 0.1) is 5.92 Å². The largest absolute Gasteiger partial charge is 0.352 e. The zero-order chi connectivity index (χ0) is 13.4. The third-order valence-corrected chi connectivity index (χ3v) is 2.67. The summed E-state index contributed by atoms with van der Waals surface area (Å²) in [6, 6.07) is 3.37. The Morgan fingerprint density at radius 1 is 1.39 bits per heavy atom. The molecular weight excluding hydrogens is 228 g/mol. The summed E-state index contributed by atoms with van der Waals surface area (Å²) in [6.45, 7) is 5.12. The number of unbranched alkanes of at least 4 members (excludes halogenated alkanes) is 1. The zero-order valence-corrected chi connectivity index (χ0v) is 11.1. The number of rotatable bonds is 7. The first-order chi connectivity index (χ1) is 8.63. The first-order valence-electron chi connectivity index (χ1n) is 6.34. The van der Waals surface area contributed by atoms with Gasteiger partial charge in [-0.2, -0.15) is 0 Å². The molecule has 100 valence electrons. The van der Waals surface area contributed by atoms with E-state index in [1.54, 1.807) is 12.1 Å². The predicted octanol–water partition coefficient (Wildman–Crippen LogP) is 1.92. The minimum atomic E-state index is -0.0874. The molecule has 0 atom stereocenters. The Labute approximate surface area is 108 Å². The quantitative estimate of drug-likeness (QED) is 0.392. The molecular formula is C13H22N4O. The van der Waals surface area contributed by atoms with Crippen molar-refractivity contribution in [2.45, 2.75) is 33.1 Å². The molecule has 0 saturated carbocycles. The third-order valence-electron chi connectivity index (χ3n) is 2.67. The van der Waals surface area contributed by atoms with E-state index in [0.717, 1.165) is 18.8 Å². The maximum atomic E-state index is 11.7. The summed E-state index contributed by atoms with van der Waals surface area (Å²) < 4.78 is 0. The summed E-state index contributed by atoms with van der Waals surface area (Å²) in [4.78, 5) is 15.7. The molecule has 1 amide bonds. The summed E-state index contributed by atoms with van der Waals surface area (Å²) in [5.41, 5.74) is 2.97. The van der Waals surface area contributed by atoms with Crippen LogP contribution in [0.1, 0.15) is 43.5 Å². The minimum absolute atomic E-state index is 0.0874. The number of hydrogen-bond acceptors (Lipinski definition) is 4. The molecule has 0 fully saturated rings. The number of carbonyl (C=O) groups is 1. The molecule has 5 heteroatoms. The predicted molar refractivity (Wildman–Crippen MR) is 73.1 cm³/mol. The number of pyridine rings is 1. The van der Waals surface area contributed by atoms with Crippen molar-refractivity contribution in [1.29, 1.82) is 0 Å².